The van der Waals surface area contributed by atoms with Crippen LogP contribution in [0.25, 0.3) is 0 Å². The molecule has 1 saturated carbocycles. The van der Waals surface area contributed by atoms with Crippen molar-refractivity contribution in [3.8, 4) is 11.5 Å². The fraction of sp³-hybridized carbons (Fsp3) is 0.647. The monoisotopic (exact) mass is 278 g/mol. The Morgan fingerprint density at radius 1 is 1.15 bits per heavy atom. The largest absolute Gasteiger partial charge is 0.496 e. The third-order valence-corrected chi connectivity index (χ3v) is 4.60. The number of methoxy groups -OCH3 is 2. The van der Waals surface area contributed by atoms with Crippen molar-refractivity contribution in [3.63, 3.8) is 0 Å². The normalized spacial score (nSPS) is 26.6. The Morgan fingerprint density at radius 3 is 2.25 bits per heavy atom. The summed E-state index contributed by atoms with van der Waals surface area (Å²) in [6.45, 7) is 4.37. The number of rotatable bonds is 4. The van der Waals surface area contributed by atoms with Crippen LogP contribution >= 0.6 is 0 Å². The highest BCUT2D eigenvalue weighted by atomic mass is 16.5. The Bertz CT molecular complexity index is 433. The summed E-state index contributed by atoms with van der Waals surface area (Å²) >= 11 is 0. The Balaban J connectivity index is 2.56. The van der Waals surface area contributed by atoms with Crippen molar-refractivity contribution in [3.05, 3.63) is 23.8 Å². The van der Waals surface area contributed by atoms with Gasteiger partial charge in [-0.05, 0) is 36.8 Å². The van der Waals surface area contributed by atoms with E-state index in [2.05, 4.69) is 13.8 Å². The molecular formula is C17H26O3. The molecule has 1 aromatic carbocycles. The van der Waals surface area contributed by atoms with Crippen LogP contribution in [0.2, 0.25) is 0 Å². The summed E-state index contributed by atoms with van der Waals surface area (Å²) in [5.74, 6) is 2.11. The average molecular weight is 278 g/mol. The van der Waals surface area contributed by atoms with Gasteiger partial charge in [0.1, 0.15) is 11.5 Å². The third-order valence-electron chi connectivity index (χ3n) is 4.60. The van der Waals surface area contributed by atoms with E-state index in [0.29, 0.717) is 5.92 Å². The number of ether oxygens (including phenoxy) is 2. The summed E-state index contributed by atoms with van der Waals surface area (Å²) in [5, 5.41) is 11.4. The van der Waals surface area contributed by atoms with E-state index >= 15 is 0 Å². The van der Waals surface area contributed by atoms with E-state index in [9.17, 15) is 5.11 Å². The van der Waals surface area contributed by atoms with Gasteiger partial charge < -0.3 is 14.6 Å². The number of aliphatic hydroxyl groups is 1. The average Bonchev–Trinajstić information content (AvgIpc) is 2.46. The molecule has 1 N–H and O–H groups in total. The first-order valence-corrected chi connectivity index (χ1v) is 7.48. The summed E-state index contributed by atoms with van der Waals surface area (Å²) in [4.78, 5) is 0. The highest BCUT2D eigenvalue weighted by Gasteiger charge is 2.45. The first kappa shape index (κ1) is 15.2. The molecule has 112 valence electrons. The van der Waals surface area contributed by atoms with Crippen molar-refractivity contribution in [2.24, 2.45) is 11.8 Å². The lowest BCUT2D eigenvalue weighted by atomic mass is 9.66. The molecule has 0 aliphatic heterocycles. The van der Waals surface area contributed by atoms with Crippen molar-refractivity contribution in [2.75, 3.05) is 14.2 Å². The minimum atomic E-state index is -0.857. The zero-order valence-corrected chi connectivity index (χ0v) is 13.0. The Kier molecular flexibility index (Phi) is 4.59. The van der Waals surface area contributed by atoms with Crippen molar-refractivity contribution in [1.29, 1.82) is 0 Å². The SMILES string of the molecule is COc1cccc(OC)c1C1(O)CCCCC1C(C)C. The van der Waals surface area contributed by atoms with Gasteiger partial charge in [-0.15, -0.1) is 0 Å². The van der Waals surface area contributed by atoms with E-state index in [0.717, 1.165) is 36.3 Å². The third kappa shape index (κ3) is 2.51. The Labute approximate surface area is 121 Å². The van der Waals surface area contributed by atoms with Gasteiger partial charge in [-0.2, -0.15) is 0 Å². The zero-order valence-electron chi connectivity index (χ0n) is 13.0. The van der Waals surface area contributed by atoms with E-state index in [1.165, 1.54) is 6.42 Å². The zero-order chi connectivity index (χ0) is 14.8. The van der Waals surface area contributed by atoms with Gasteiger partial charge in [-0.1, -0.05) is 32.8 Å². The maximum atomic E-state index is 11.4. The van der Waals surface area contributed by atoms with E-state index in [1.807, 2.05) is 18.2 Å². The van der Waals surface area contributed by atoms with Crippen LogP contribution in [0.3, 0.4) is 0 Å². The molecule has 1 aliphatic carbocycles. The van der Waals surface area contributed by atoms with Crippen LogP contribution in [-0.4, -0.2) is 19.3 Å². The van der Waals surface area contributed by atoms with Crippen LogP contribution in [0.4, 0.5) is 0 Å². The second-order valence-corrected chi connectivity index (χ2v) is 6.06. The van der Waals surface area contributed by atoms with Gasteiger partial charge in [0, 0.05) is 0 Å². The molecule has 0 saturated heterocycles. The predicted molar refractivity (Wildman–Crippen MR) is 80.2 cm³/mol. The molecule has 0 bridgehead atoms. The van der Waals surface area contributed by atoms with Gasteiger partial charge in [0.05, 0.1) is 25.4 Å². The van der Waals surface area contributed by atoms with E-state index in [1.54, 1.807) is 14.2 Å². The summed E-state index contributed by atoms with van der Waals surface area (Å²) in [7, 11) is 3.30. The molecule has 1 aromatic rings. The minimum absolute atomic E-state index is 0.237. The van der Waals surface area contributed by atoms with E-state index in [-0.39, 0.29) is 5.92 Å². The van der Waals surface area contributed by atoms with Gasteiger partial charge in [0.2, 0.25) is 0 Å². The molecule has 1 aliphatic rings. The van der Waals surface area contributed by atoms with Crippen LogP contribution in [0.15, 0.2) is 18.2 Å². The van der Waals surface area contributed by atoms with E-state index in [4.69, 9.17) is 9.47 Å². The standard InChI is InChI=1S/C17H26O3/c1-12(2)13-8-5-6-11-17(13,18)16-14(19-3)9-7-10-15(16)20-4/h7,9-10,12-13,18H,5-6,8,11H2,1-4H3. The fourth-order valence-electron chi connectivity index (χ4n) is 3.66. The number of benzene rings is 1. The van der Waals surface area contributed by atoms with Gasteiger partial charge in [0.25, 0.3) is 0 Å². The molecule has 0 aromatic heterocycles. The van der Waals surface area contributed by atoms with Crippen LogP contribution in [0.5, 0.6) is 11.5 Å². The fourth-order valence-corrected chi connectivity index (χ4v) is 3.66. The molecule has 2 unspecified atom stereocenters. The van der Waals surface area contributed by atoms with Gasteiger partial charge in [0.15, 0.2) is 0 Å². The molecule has 1 fully saturated rings. The Hall–Kier alpha value is -1.22. The minimum Gasteiger partial charge on any atom is -0.496 e. The van der Waals surface area contributed by atoms with Crippen molar-refractivity contribution in [1.82, 2.24) is 0 Å². The first-order chi connectivity index (χ1) is 9.54. The van der Waals surface area contributed by atoms with Gasteiger partial charge in [-0.25, -0.2) is 0 Å². The van der Waals surface area contributed by atoms with E-state index < -0.39 is 5.60 Å². The predicted octanol–water partition coefficient (Wildman–Crippen LogP) is 3.74. The molecule has 2 atom stereocenters. The number of hydrogen-bond acceptors (Lipinski definition) is 3. The van der Waals surface area contributed by atoms with Gasteiger partial charge >= 0.3 is 0 Å². The molecule has 0 heterocycles. The molecule has 3 heteroatoms. The lowest BCUT2D eigenvalue weighted by molar-refractivity contribution is -0.0747. The summed E-state index contributed by atoms with van der Waals surface area (Å²) in [5.41, 5.74) is -0.0342. The van der Waals surface area contributed by atoms with Crippen molar-refractivity contribution in [2.45, 2.75) is 45.1 Å². The molecule has 0 spiro atoms. The lowest BCUT2D eigenvalue weighted by Gasteiger charge is -2.43. The molecule has 3 nitrogen and oxygen atoms in total. The second-order valence-electron chi connectivity index (χ2n) is 6.06. The summed E-state index contributed by atoms with van der Waals surface area (Å²) in [6.07, 6.45) is 4.05. The van der Waals surface area contributed by atoms with Crippen LogP contribution in [0.1, 0.15) is 45.1 Å². The molecule has 20 heavy (non-hydrogen) atoms. The van der Waals surface area contributed by atoms with Crippen LogP contribution in [-0.2, 0) is 5.60 Å². The highest BCUT2D eigenvalue weighted by Crippen LogP contribution is 2.50. The Morgan fingerprint density at radius 2 is 1.75 bits per heavy atom. The second kappa shape index (κ2) is 6.04. The van der Waals surface area contributed by atoms with Crippen LogP contribution < -0.4 is 9.47 Å². The topological polar surface area (TPSA) is 38.7 Å². The molecule has 0 radical (unpaired) electrons. The summed E-state index contributed by atoms with van der Waals surface area (Å²) < 4.78 is 11.0. The van der Waals surface area contributed by atoms with Crippen molar-refractivity contribution < 1.29 is 14.6 Å². The maximum Gasteiger partial charge on any atom is 0.128 e. The first-order valence-electron chi connectivity index (χ1n) is 7.48. The van der Waals surface area contributed by atoms with Crippen molar-refractivity contribution >= 4 is 0 Å². The molecule has 2 rings (SSSR count). The molecule has 0 amide bonds. The van der Waals surface area contributed by atoms with Gasteiger partial charge in [-0.3, -0.25) is 0 Å². The maximum absolute atomic E-state index is 11.4. The molecular weight excluding hydrogens is 252 g/mol. The summed E-state index contributed by atoms with van der Waals surface area (Å²) in [6, 6.07) is 5.71. The highest BCUT2D eigenvalue weighted by molar-refractivity contribution is 5.49. The number of hydrogen-bond donors (Lipinski definition) is 1. The quantitative estimate of drug-likeness (QED) is 0.912. The van der Waals surface area contributed by atoms with Crippen LogP contribution in [0, 0.1) is 11.8 Å². The smallest absolute Gasteiger partial charge is 0.128 e. The lowest BCUT2D eigenvalue weighted by Crippen LogP contribution is -2.41.